The summed E-state index contributed by atoms with van der Waals surface area (Å²) in [4.78, 5) is 16.4. The van der Waals surface area contributed by atoms with Crippen molar-refractivity contribution in [1.82, 2.24) is 4.98 Å². The molecule has 0 aliphatic carbocycles. The van der Waals surface area contributed by atoms with E-state index in [0.717, 1.165) is 11.4 Å². The lowest BCUT2D eigenvalue weighted by atomic mass is 10.2. The predicted octanol–water partition coefficient (Wildman–Crippen LogP) is 5.38. The summed E-state index contributed by atoms with van der Waals surface area (Å²) in [5, 5.41) is 7.02. The first kappa shape index (κ1) is 16.3. The van der Waals surface area contributed by atoms with Crippen LogP contribution in [0.2, 0.25) is 10.0 Å². The van der Waals surface area contributed by atoms with Crippen molar-refractivity contribution in [1.29, 1.82) is 0 Å². The van der Waals surface area contributed by atoms with Crippen LogP contribution in [0.15, 0.2) is 66.9 Å². The molecule has 0 aliphatic rings. The monoisotopic (exact) mass is 357 g/mol. The minimum absolute atomic E-state index is 0.267. The fraction of sp³-hybridized carbons (Fsp3) is 0. The molecule has 2 N–H and O–H groups in total. The van der Waals surface area contributed by atoms with E-state index in [1.165, 1.54) is 0 Å². The molecule has 0 fully saturated rings. The maximum atomic E-state index is 12.1. The van der Waals surface area contributed by atoms with Crippen molar-refractivity contribution in [2.75, 3.05) is 10.6 Å². The van der Waals surface area contributed by atoms with Crippen molar-refractivity contribution < 1.29 is 4.79 Å². The molecule has 0 saturated heterocycles. The Bertz CT molecular complexity index is 866. The topological polar surface area (TPSA) is 54.0 Å². The number of para-hydroxylation sites is 1. The molecule has 6 heteroatoms. The second kappa shape index (κ2) is 7.34. The molecule has 1 heterocycles. The van der Waals surface area contributed by atoms with E-state index in [0.29, 0.717) is 21.4 Å². The number of carbonyl (C=O) groups is 1. The summed E-state index contributed by atoms with van der Waals surface area (Å²) in [6, 6.07) is 17.7. The van der Waals surface area contributed by atoms with Crippen LogP contribution >= 0.6 is 23.2 Å². The van der Waals surface area contributed by atoms with Crippen LogP contribution in [0.25, 0.3) is 0 Å². The van der Waals surface area contributed by atoms with Gasteiger partial charge in [0, 0.05) is 10.6 Å². The Hall–Kier alpha value is -2.56. The molecule has 1 amide bonds. The summed E-state index contributed by atoms with van der Waals surface area (Å²) in [7, 11) is 0. The van der Waals surface area contributed by atoms with Crippen molar-refractivity contribution in [2.24, 2.45) is 0 Å². The van der Waals surface area contributed by atoms with Crippen LogP contribution in [-0.2, 0) is 0 Å². The van der Waals surface area contributed by atoms with Crippen molar-refractivity contribution in [3.8, 4) is 0 Å². The summed E-state index contributed by atoms with van der Waals surface area (Å²) in [5.74, 6) is 0.182. The van der Waals surface area contributed by atoms with Gasteiger partial charge in [-0.05, 0) is 42.5 Å². The third kappa shape index (κ3) is 4.04. The molecule has 0 radical (unpaired) electrons. The summed E-state index contributed by atoms with van der Waals surface area (Å²) in [5.41, 5.74) is 2.03. The second-order valence-corrected chi connectivity index (χ2v) is 5.85. The Morgan fingerprint density at radius 2 is 1.79 bits per heavy atom. The molecule has 0 unspecified atom stereocenters. The van der Waals surface area contributed by atoms with Gasteiger partial charge in [0.15, 0.2) is 0 Å². The summed E-state index contributed by atoms with van der Waals surface area (Å²) in [6.07, 6.45) is 1.62. The number of hydrogen-bond acceptors (Lipinski definition) is 3. The maximum Gasteiger partial charge on any atom is 0.256 e. The van der Waals surface area contributed by atoms with Gasteiger partial charge in [-0.1, -0.05) is 41.4 Å². The number of pyridine rings is 1. The van der Waals surface area contributed by atoms with E-state index < -0.39 is 0 Å². The van der Waals surface area contributed by atoms with Crippen molar-refractivity contribution in [3.05, 3.63) is 82.5 Å². The Labute approximate surface area is 149 Å². The van der Waals surface area contributed by atoms with Gasteiger partial charge in [0.1, 0.15) is 5.82 Å². The number of anilines is 3. The molecular weight excluding hydrogens is 345 g/mol. The van der Waals surface area contributed by atoms with Crippen LogP contribution < -0.4 is 10.6 Å². The van der Waals surface area contributed by atoms with Crippen LogP contribution in [0.1, 0.15) is 10.4 Å². The molecule has 0 atom stereocenters. The van der Waals surface area contributed by atoms with Gasteiger partial charge in [0.05, 0.1) is 22.6 Å². The van der Waals surface area contributed by atoms with E-state index in [9.17, 15) is 4.79 Å². The van der Waals surface area contributed by atoms with Crippen molar-refractivity contribution >= 4 is 46.3 Å². The highest BCUT2D eigenvalue weighted by Gasteiger charge is 2.07. The minimum atomic E-state index is -0.267. The fourth-order valence-electron chi connectivity index (χ4n) is 2.08. The Morgan fingerprint density at radius 1 is 0.958 bits per heavy atom. The van der Waals surface area contributed by atoms with Gasteiger partial charge in [-0.3, -0.25) is 4.79 Å². The normalized spacial score (nSPS) is 10.2. The lowest BCUT2D eigenvalue weighted by Crippen LogP contribution is -2.12. The molecule has 2 aromatic carbocycles. The highest BCUT2D eigenvalue weighted by molar-refractivity contribution is 6.33. The predicted molar refractivity (Wildman–Crippen MR) is 98.4 cm³/mol. The number of benzene rings is 2. The number of rotatable bonds is 4. The van der Waals surface area contributed by atoms with Crippen LogP contribution in [0.4, 0.5) is 17.2 Å². The van der Waals surface area contributed by atoms with Crippen LogP contribution in [-0.4, -0.2) is 10.9 Å². The first-order valence-corrected chi connectivity index (χ1v) is 7.92. The number of nitrogens with zero attached hydrogens (tertiary/aromatic N) is 1. The largest absolute Gasteiger partial charge is 0.353 e. The molecule has 24 heavy (non-hydrogen) atoms. The summed E-state index contributed by atoms with van der Waals surface area (Å²) < 4.78 is 0. The van der Waals surface area contributed by atoms with Crippen molar-refractivity contribution in [3.63, 3.8) is 0 Å². The first-order chi connectivity index (χ1) is 11.6. The Balaban J connectivity index is 1.68. The van der Waals surface area contributed by atoms with Gasteiger partial charge in [-0.15, -0.1) is 0 Å². The molecule has 1 aromatic heterocycles. The number of amides is 1. The zero-order chi connectivity index (χ0) is 16.9. The van der Waals surface area contributed by atoms with E-state index in [1.807, 2.05) is 24.3 Å². The number of hydrogen-bond donors (Lipinski definition) is 2. The Kier molecular flexibility index (Phi) is 4.99. The van der Waals surface area contributed by atoms with Gasteiger partial charge < -0.3 is 10.6 Å². The fourth-order valence-corrected chi connectivity index (χ4v) is 2.45. The number of nitrogens with one attached hydrogen (secondary N) is 2. The Morgan fingerprint density at radius 3 is 2.50 bits per heavy atom. The van der Waals surface area contributed by atoms with E-state index in [-0.39, 0.29) is 5.91 Å². The molecule has 0 spiro atoms. The molecule has 120 valence electrons. The van der Waals surface area contributed by atoms with Gasteiger partial charge in [-0.25, -0.2) is 4.98 Å². The highest BCUT2D eigenvalue weighted by atomic mass is 35.5. The quantitative estimate of drug-likeness (QED) is 0.658. The zero-order valence-electron chi connectivity index (χ0n) is 12.5. The molecule has 3 aromatic rings. The van der Waals surface area contributed by atoms with E-state index in [4.69, 9.17) is 23.2 Å². The first-order valence-electron chi connectivity index (χ1n) is 7.16. The van der Waals surface area contributed by atoms with Gasteiger partial charge in [0.25, 0.3) is 5.91 Å². The maximum absolute atomic E-state index is 12.1. The molecule has 4 nitrogen and oxygen atoms in total. The molecule has 3 rings (SSSR count). The van der Waals surface area contributed by atoms with E-state index in [1.54, 1.807) is 42.6 Å². The van der Waals surface area contributed by atoms with Gasteiger partial charge in [-0.2, -0.15) is 0 Å². The van der Waals surface area contributed by atoms with Gasteiger partial charge in [0.2, 0.25) is 0 Å². The standard InChI is InChI=1S/C18H13Cl2N3O/c19-13-5-3-4-12(10-13)18(24)23-17-9-8-14(11-21-17)22-16-7-2-1-6-15(16)20/h1-11,22H,(H,21,23,24). The summed E-state index contributed by atoms with van der Waals surface area (Å²) in [6.45, 7) is 0. The van der Waals surface area contributed by atoms with E-state index >= 15 is 0 Å². The smallest absolute Gasteiger partial charge is 0.256 e. The average molecular weight is 358 g/mol. The third-order valence-corrected chi connectivity index (χ3v) is 3.81. The lowest BCUT2D eigenvalue weighted by molar-refractivity contribution is 0.102. The average Bonchev–Trinajstić information content (AvgIpc) is 2.58. The third-order valence-electron chi connectivity index (χ3n) is 3.24. The number of carbonyl (C=O) groups excluding carboxylic acids is 1. The van der Waals surface area contributed by atoms with Crippen LogP contribution in [0.5, 0.6) is 0 Å². The van der Waals surface area contributed by atoms with Gasteiger partial charge >= 0.3 is 0 Å². The molecule has 0 aliphatic heterocycles. The SMILES string of the molecule is O=C(Nc1ccc(Nc2ccccc2Cl)cn1)c1cccc(Cl)c1. The molecule has 0 bridgehead atoms. The minimum Gasteiger partial charge on any atom is -0.353 e. The molecular formula is C18H13Cl2N3O. The molecule has 0 saturated carbocycles. The number of halogens is 2. The van der Waals surface area contributed by atoms with Crippen LogP contribution in [0, 0.1) is 0 Å². The summed E-state index contributed by atoms with van der Waals surface area (Å²) >= 11 is 12.0. The number of aromatic nitrogens is 1. The van der Waals surface area contributed by atoms with E-state index in [2.05, 4.69) is 15.6 Å². The van der Waals surface area contributed by atoms with Crippen molar-refractivity contribution in [2.45, 2.75) is 0 Å². The van der Waals surface area contributed by atoms with Crippen LogP contribution in [0.3, 0.4) is 0 Å². The zero-order valence-corrected chi connectivity index (χ0v) is 14.0. The highest BCUT2D eigenvalue weighted by Crippen LogP contribution is 2.24. The lowest BCUT2D eigenvalue weighted by Gasteiger charge is -2.09. The second-order valence-electron chi connectivity index (χ2n) is 5.00.